The zero-order valence-electron chi connectivity index (χ0n) is 13.8. The van der Waals surface area contributed by atoms with Gasteiger partial charge in [0.25, 0.3) is 10.0 Å². The predicted octanol–water partition coefficient (Wildman–Crippen LogP) is 3.20. The van der Waals surface area contributed by atoms with Crippen molar-refractivity contribution in [1.82, 2.24) is 10.2 Å². The molecule has 1 aromatic heterocycles. The molecule has 3 rings (SSSR count). The fourth-order valence-corrected chi connectivity index (χ4v) is 3.36. The van der Waals surface area contributed by atoms with Gasteiger partial charge >= 0.3 is 0 Å². The summed E-state index contributed by atoms with van der Waals surface area (Å²) in [6.45, 7) is 1.82. The van der Waals surface area contributed by atoms with E-state index in [1.165, 1.54) is 12.1 Å². The minimum Gasteiger partial charge on any atom is -0.338 e. The second-order valence-electron chi connectivity index (χ2n) is 5.51. The van der Waals surface area contributed by atoms with Crippen LogP contribution in [0.5, 0.6) is 0 Å². The molecule has 3 aromatic rings. The van der Waals surface area contributed by atoms with Gasteiger partial charge in [-0.05, 0) is 48.9 Å². The highest BCUT2D eigenvalue weighted by Crippen LogP contribution is 2.20. The van der Waals surface area contributed by atoms with E-state index >= 15 is 0 Å². The summed E-state index contributed by atoms with van der Waals surface area (Å²) in [5.41, 5.74) is 1.91. The van der Waals surface area contributed by atoms with Crippen LogP contribution in [0, 0.1) is 18.3 Å². The summed E-state index contributed by atoms with van der Waals surface area (Å²) in [6, 6.07) is 18.7. The molecule has 0 spiro atoms. The Balaban J connectivity index is 1.77. The molecule has 8 heteroatoms. The van der Waals surface area contributed by atoms with Crippen LogP contribution in [0.1, 0.15) is 11.1 Å². The van der Waals surface area contributed by atoms with Crippen molar-refractivity contribution >= 4 is 27.3 Å². The molecule has 0 radical (unpaired) electrons. The monoisotopic (exact) mass is 365 g/mol. The first-order valence-electron chi connectivity index (χ1n) is 7.67. The largest absolute Gasteiger partial charge is 0.338 e. The second-order valence-corrected chi connectivity index (χ2v) is 7.19. The Bertz CT molecular complexity index is 1070. The fraction of sp³-hybridized carbons (Fsp3) is 0.0556. The standard InChI is InChI=1S/C18H15N5O2S/c1-13-5-4-7-15(11-13)26(24,25)23-18-10-9-17(21-22-18)20-16-8-3-2-6-14(16)12-19/h2-11H,1H3,(H,20,21)(H,22,23). The normalized spacial score (nSPS) is 10.8. The average Bonchev–Trinajstić information content (AvgIpc) is 2.63. The van der Waals surface area contributed by atoms with Gasteiger partial charge in [-0.3, -0.25) is 4.72 Å². The maximum atomic E-state index is 12.4. The van der Waals surface area contributed by atoms with Crippen LogP contribution in [0.15, 0.2) is 65.6 Å². The minimum absolute atomic E-state index is 0.102. The maximum absolute atomic E-state index is 12.4. The number of benzene rings is 2. The number of hydrogen-bond acceptors (Lipinski definition) is 6. The topological polar surface area (TPSA) is 108 Å². The number of aryl methyl sites for hydroxylation is 1. The summed E-state index contributed by atoms with van der Waals surface area (Å²) in [4.78, 5) is 0.157. The van der Waals surface area contributed by atoms with Crippen LogP contribution < -0.4 is 10.0 Å². The predicted molar refractivity (Wildman–Crippen MR) is 98.5 cm³/mol. The number of rotatable bonds is 5. The highest BCUT2D eigenvalue weighted by molar-refractivity contribution is 7.92. The second kappa shape index (κ2) is 7.21. The number of para-hydroxylation sites is 1. The molecule has 0 amide bonds. The number of sulfonamides is 1. The minimum atomic E-state index is -3.73. The summed E-state index contributed by atoms with van der Waals surface area (Å²) in [6.07, 6.45) is 0. The van der Waals surface area contributed by atoms with Crippen molar-refractivity contribution in [2.24, 2.45) is 0 Å². The Morgan fingerprint density at radius 1 is 0.962 bits per heavy atom. The van der Waals surface area contributed by atoms with Gasteiger partial charge in [-0.1, -0.05) is 24.3 Å². The van der Waals surface area contributed by atoms with Crippen LogP contribution in [0.3, 0.4) is 0 Å². The van der Waals surface area contributed by atoms with E-state index in [1.54, 1.807) is 42.5 Å². The van der Waals surface area contributed by atoms with Gasteiger partial charge in [0.1, 0.15) is 6.07 Å². The molecule has 0 bridgehead atoms. The quantitative estimate of drug-likeness (QED) is 0.719. The smallest absolute Gasteiger partial charge is 0.263 e. The third-order valence-electron chi connectivity index (χ3n) is 3.51. The lowest BCUT2D eigenvalue weighted by Gasteiger charge is -2.09. The number of nitriles is 1. The molecule has 7 nitrogen and oxygen atoms in total. The molecule has 2 N–H and O–H groups in total. The molecule has 0 unspecified atom stereocenters. The first-order chi connectivity index (χ1) is 12.5. The van der Waals surface area contributed by atoms with Gasteiger partial charge in [0, 0.05) is 0 Å². The Morgan fingerprint density at radius 3 is 2.38 bits per heavy atom. The summed E-state index contributed by atoms with van der Waals surface area (Å²) < 4.78 is 27.2. The molecule has 0 saturated heterocycles. The van der Waals surface area contributed by atoms with Crippen LogP contribution in [0.2, 0.25) is 0 Å². The van der Waals surface area contributed by atoms with E-state index < -0.39 is 10.0 Å². The zero-order valence-corrected chi connectivity index (χ0v) is 14.7. The van der Waals surface area contributed by atoms with Gasteiger partial charge < -0.3 is 5.32 Å². The van der Waals surface area contributed by atoms with Crippen molar-refractivity contribution in [1.29, 1.82) is 5.26 Å². The SMILES string of the molecule is Cc1cccc(S(=O)(=O)Nc2ccc(Nc3ccccc3C#N)nn2)c1. The molecular weight excluding hydrogens is 350 g/mol. The molecular formula is C18H15N5O2S. The first-order valence-corrected chi connectivity index (χ1v) is 9.15. The van der Waals surface area contributed by atoms with Crippen molar-refractivity contribution in [3.8, 4) is 6.07 Å². The van der Waals surface area contributed by atoms with Crippen molar-refractivity contribution in [2.45, 2.75) is 11.8 Å². The first kappa shape index (κ1) is 17.4. The molecule has 26 heavy (non-hydrogen) atoms. The van der Waals surface area contributed by atoms with Crippen molar-refractivity contribution in [3.05, 3.63) is 71.8 Å². The van der Waals surface area contributed by atoms with Gasteiger partial charge in [-0.15, -0.1) is 10.2 Å². The molecule has 0 aliphatic heterocycles. The van der Waals surface area contributed by atoms with Gasteiger partial charge in [0.15, 0.2) is 11.6 Å². The number of aromatic nitrogens is 2. The lowest BCUT2D eigenvalue weighted by molar-refractivity contribution is 0.601. The van der Waals surface area contributed by atoms with Gasteiger partial charge in [-0.25, -0.2) is 8.42 Å². The number of nitrogens with one attached hydrogen (secondary N) is 2. The highest BCUT2D eigenvalue weighted by atomic mass is 32.2. The summed E-state index contributed by atoms with van der Waals surface area (Å²) in [5, 5.41) is 19.9. The molecule has 0 aliphatic rings. The lowest BCUT2D eigenvalue weighted by Crippen LogP contribution is -2.14. The third-order valence-corrected chi connectivity index (χ3v) is 4.87. The van der Waals surface area contributed by atoms with E-state index in [-0.39, 0.29) is 10.7 Å². The van der Waals surface area contributed by atoms with Crippen molar-refractivity contribution < 1.29 is 8.42 Å². The van der Waals surface area contributed by atoms with E-state index in [9.17, 15) is 8.42 Å². The van der Waals surface area contributed by atoms with E-state index in [4.69, 9.17) is 5.26 Å². The van der Waals surface area contributed by atoms with Crippen LogP contribution in [-0.4, -0.2) is 18.6 Å². The molecule has 1 heterocycles. The molecule has 130 valence electrons. The van der Waals surface area contributed by atoms with E-state index in [1.807, 2.05) is 13.0 Å². The fourth-order valence-electron chi connectivity index (χ4n) is 2.26. The van der Waals surface area contributed by atoms with Gasteiger partial charge in [0.2, 0.25) is 0 Å². The van der Waals surface area contributed by atoms with Crippen LogP contribution in [-0.2, 0) is 10.0 Å². The lowest BCUT2D eigenvalue weighted by atomic mass is 10.2. The van der Waals surface area contributed by atoms with E-state index in [0.717, 1.165) is 5.56 Å². The highest BCUT2D eigenvalue weighted by Gasteiger charge is 2.15. The number of nitrogens with zero attached hydrogens (tertiary/aromatic N) is 3. The summed E-state index contributed by atoms with van der Waals surface area (Å²) in [5.74, 6) is 0.497. The average molecular weight is 365 g/mol. The van der Waals surface area contributed by atoms with Crippen molar-refractivity contribution in [2.75, 3.05) is 10.0 Å². The molecule has 2 aromatic carbocycles. The Labute approximate surface area is 151 Å². The van der Waals surface area contributed by atoms with E-state index in [2.05, 4.69) is 26.3 Å². The number of hydrogen-bond donors (Lipinski definition) is 2. The van der Waals surface area contributed by atoms with Crippen LogP contribution in [0.4, 0.5) is 17.3 Å². The zero-order chi connectivity index (χ0) is 18.6. The summed E-state index contributed by atoms with van der Waals surface area (Å²) in [7, 11) is -3.73. The molecule has 0 aliphatic carbocycles. The number of anilines is 3. The summed E-state index contributed by atoms with van der Waals surface area (Å²) >= 11 is 0. The van der Waals surface area contributed by atoms with Crippen molar-refractivity contribution in [3.63, 3.8) is 0 Å². The molecule has 0 saturated carbocycles. The Hall–Kier alpha value is -3.44. The van der Waals surface area contributed by atoms with Crippen LogP contribution >= 0.6 is 0 Å². The van der Waals surface area contributed by atoms with E-state index in [0.29, 0.717) is 17.1 Å². The Kier molecular flexibility index (Phi) is 4.82. The molecule has 0 fully saturated rings. The van der Waals surface area contributed by atoms with Gasteiger partial charge in [-0.2, -0.15) is 5.26 Å². The molecule has 0 atom stereocenters. The van der Waals surface area contributed by atoms with Gasteiger partial charge in [0.05, 0.1) is 16.1 Å². The third kappa shape index (κ3) is 3.96. The Morgan fingerprint density at radius 2 is 1.69 bits per heavy atom. The maximum Gasteiger partial charge on any atom is 0.263 e. The van der Waals surface area contributed by atoms with Crippen LogP contribution in [0.25, 0.3) is 0 Å².